The number of pyridine rings is 1. The zero-order valence-corrected chi connectivity index (χ0v) is 15.9. The molecule has 2 aromatic heterocycles. The fraction of sp³-hybridized carbons (Fsp3) is 0.0455. The highest BCUT2D eigenvalue weighted by Crippen LogP contribution is 2.41. The maximum absolute atomic E-state index is 9.05. The fourth-order valence-corrected chi connectivity index (χ4v) is 3.83. The Morgan fingerprint density at radius 3 is 2.43 bits per heavy atom. The molecule has 136 valence electrons. The number of rotatable bonds is 5. The highest BCUT2D eigenvalue weighted by Gasteiger charge is 2.18. The maximum atomic E-state index is 9.05. The summed E-state index contributed by atoms with van der Waals surface area (Å²) in [7, 11) is 1.65. The van der Waals surface area contributed by atoms with Gasteiger partial charge in [0.2, 0.25) is 0 Å². The average Bonchev–Trinajstić information content (AvgIpc) is 3.18. The van der Waals surface area contributed by atoms with E-state index in [2.05, 4.69) is 21.3 Å². The third kappa shape index (κ3) is 3.61. The van der Waals surface area contributed by atoms with Crippen LogP contribution in [0, 0.1) is 11.3 Å². The van der Waals surface area contributed by atoms with Gasteiger partial charge in [0.1, 0.15) is 11.4 Å². The first-order chi connectivity index (χ1) is 13.8. The normalized spacial score (nSPS) is 10.4. The summed E-state index contributed by atoms with van der Waals surface area (Å²) in [5, 5.41) is 16.8. The van der Waals surface area contributed by atoms with E-state index in [-0.39, 0.29) is 0 Å². The highest BCUT2D eigenvalue weighted by atomic mass is 32.2. The zero-order chi connectivity index (χ0) is 19.3. The van der Waals surface area contributed by atoms with E-state index in [0.717, 1.165) is 38.1 Å². The van der Waals surface area contributed by atoms with Crippen LogP contribution in [0.2, 0.25) is 0 Å². The SMILES string of the molecule is COc1ccc(Sc2c(-c3ccc(C#N)cc3)n[nH]c2-c2cccnc2)cc1. The minimum absolute atomic E-state index is 0.621. The van der Waals surface area contributed by atoms with Gasteiger partial charge in [0.15, 0.2) is 0 Å². The molecule has 0 aliphatic heterocycles. The van der Waals surface area contributed by atoms with Crippen molar-refractivity contribution in [3.05, 3.63) is 78.6 Å². The first-order valence-electron chi connectivity index (χ1n) is 8.59. The van der Waals surface area contributed by atoms with Crippen molar-refractivity contribution in [1.29, 1.82) is 5.26 Å². The number of benzene rings is 2. The quantitative estimate of drug-likeness (QED) is 0.514. The van der Waals surface area contributed by atoms with Gasteiger partial charge in [-0.25, -0.2) is 0 Å². The highest BCUT2D eigenvalue weighted by molar-refractivity contribution is 7.99. The summed E-state index contributed by atoms with van der Waals surface area (Å²) < 4.78 is 5.25. The van der Waals surface area contributed by atoms with Crippen molar-refractivity contribution in [1.82, 2.24) is 15.2 Å². The lowest BCUT2D eigenvalue weighted by Gasteiger charge is -2.07. The minimum Gasteiger partial charge on any atom is -0.497 e. The lowest BCUT2D eigenvalue weighted by molar-refractivity contribution is 0.414. The monoisotopic (exact) mass is 384 g/mol. The number of aromatic amines is 1. The molecule has 0 unspecified atom stereocenters. The standard InChI is InChI=1S/C22H16N4OS/c1-27-18-8-10-19(11-9-18)28-22-20(16-6-4-15(13-23)5-7-16)25-26-21(22)17-3-2-12-24-14-17/h2-12,14H,1H3,(H,25,26). The van der Waals surface area contributed by atoms with Gasteiger partial charge in [-0.2, -0.15) is 10.4 Å². The molecule has 0 saturated carbocycles. The molecule has 2 heterocycles. The molecule has 0 radical (unpaired) electrons. The van der Waals surface area contributed by atoms with Crippen molar-refractivity contribution < 1.29 is 4.74 Å². The van der Waals surface area contributed by atoms with Crippen molar-refractivity contribution in [3.8, 4) is 34.3 Å². The van der Waals surface area contributed by atoms with E-state index in [0.29, 0.717) is 5.56 Å². The number of H-pyrrole nitrogens is 1. The van der Waals surface area contributed by atoms with E-state index in [1.165, 1.54) is 0 Å². The molecule has 6 heteroatoms. The topological polar surface area (TPSA) is 74.6 Å². The number of nitrogens with one attached hydrogen (secondary N) is 1. The Morgan fingerprint density at radius 1 is 1.00 bits per heavy atom. The van der Waals surface area contributed by atoms with Gasteiger partial charge in [0.05, 0.1) is 29.3 Å². The van der Waals surface area contributed by atoms with Crippen molar-refractivity contribution in [2.45, 2.75) is 9.79 Å². The molecule has 0 fully saturated rings. The van der Waals surface area contributed by atoms with Crippen LogP contribution >= 0.6 is 11.8 Å². The van der Waals surface area contributed by atoms with Crippen LogP contribution in [0.1, 0.15) is 5.56 Å². The summed E-state index contributed by atoms with van der Waals surface area (Å²) in [6.07, 6.45) is 3.56. The number of hydrogen-bond donors (Lipinski definition) is 1. The fourth-order valence-electron chi connectivity index (χ4n) is 2.80. The number of aromatic nitrogens is 3. The summed E-state index contributed by atoms with van der Waals surface area (Å²) in [5.41, 5.74) is 4.28. The minimum atomic E-state index is 0.621. The van der Waals surface area contributed by atoms with Crippen LogP contribution in [-0.4, -0.2) is 22.3 Å². The van der Waals surface area contributed by atoms with Crippen LogP contribution in [0.4, 0.5) is 0 Å². The van der Waals surface area contributed by atoms with E-state index < -0.39 is 0 Å². The predicted molar refractivity (Wildman–Crippen MR) is 109 cm³/mol. The Bertz CT molecular complexity index is 1110. The smallest absolute Gasteiger partial charge is 0.118 e. The maximum Gasteiger partial charge on any atom is 0.118 e. The molecule has 2 aromatic carbocycles. The van der Waals surface area contributed by atoms with E-state index in [9.17, 15) is 0 Å². The van der Waals surface area contributed by atoms with Crippen molar-refractivity contribution >= 4 is 11.8 Å². The summed E-state index contributed by atoms with van der Waals surface area (Å²) in [6.45, 7) is 0. The first kappa shape index (κ1) is 17.8. The summed E-state index contributed by atoms with van der Waals surface area (Å²) >= 11 is 1.62. The molecule has 5 nitrogen and oxygen atoms in total. The molecule has 0 bridgehead atoms. The second kappa shape index (κ2) is 7.99. The number of methoxy groups -OCH3 is 1. The molecule has 0 aliphatic carbocycles. The van der Waals surface area contributed by atoms with Crippen LogP contribution in [0.3, 0.4) is 0 Å². The van der Waals surface area contributed by atoms with Gasteiger partial charge < -0.3 is 4.74 Å². The van der Waals surface area contributed by atoms with Crippen molar-refractivity contribution in [2.24, 2.45) is 0 Å². The van der Waals surface area contributed by atoms with E-state index in [4.69, 9.17) is 10.00 Å². The zero-order valence-electron chi connectivity index (χ0n) is 15.1. The molecule has 28 heavy (non-hydrogen) atoms. The second-order valence-electron chi connectivity index (χ2n) is 5.98. The lowest BCUT2D eigenvalue weighted by Crippen LogP contribution is -1.85. The van der Waals surface area contributed by atoms with Gasteiger partial charge in [0.25, 0.3) is 0 Å². The lowest BCUT2D eigenvalue weighted by atomic mass is 10.1. The second-order valence-corrected chi connectivity index (χ2v) is 7.07. The van der Waals surface area contributed by atoms with Crippen LogP contribution in [0.15, 0.2) is 82.8 Å². The Morgan fingerprint density at radius 2 is 1.79 bits per heavy atom. The third-order valence-electron chi connectivity index (χ3n) is 4.24. The molecular weight excluding hydrogens is 368 g/mol. The summed E-state index contributed by atoms with van der Waals surface area (Å²) in [6, 6.07) is 21.4. The molecule has 4 rings (SSSR count). The number of nitrogens with zero attached hydrogens (tertiary/aromatic N) is 3. The van der Waals surface area contributed by atoms with Crippen LogP contribution < -0.4 is 4.74 Å². The summed E-state index contributed by atoms with van der Waals surface area (Å²) in [5.74, 6) is 0.816. The van der Waals surface area contributed by atoms with Crippen LogP contribution in [0.25, 0.3) is 22.5 Å². The molecule has 4 aromatic rings. The Labute approximate surface area is 167 Å². The van der Waals surface area contributed by atoms with E-state index in [1.807, 2.05) is 54.7 Å². The molecule has 0 aliphatic rings. The number of ether oxygens (including phenoxy) is 1. The largest absolute Gasteiger partial charge is 0.497 e. The molecule has 1 N–H and O–H groups in total. The van der Waals surface area contributed by atoms with Crippen LogP contribution in [-0.2, 0) is 0 Å². The molecule has 0 saturated heterocycles. The Balaban J connectivity index is 1.79. The molecule has 0 amide bonds. The van der Waals surface area contributed by atoms with Gasteiger partial charge in [-0.3, -0.25) is 10.1 Å². The predicted octanol–water partition coefficient (Wildman–Crippen LogP) is 5.17. The third-order valence-corrected chi connectivity index (χ3v) is 5.35. The van der Waals surface area contributed by atoms with E-state index in [1.54, 1.807) is 37.2 Å². The summed E-state index contributed by atoms with van der Waals surface area (Å²) in [4.78, 5) is 6.30. The van der Waals surface area contributed by atoms with Gasteiger partial charge >= 0.3 is 0 Å². The van der Waals surface area contributed by atoms with Crippen molar-refractivity contribution in [2.75, 3.05) is 7.11 Å². The Hall–Kier alpha value is -3.56. The van der Waals surface area contributed by atoms with Crippen molar-refractivity contribution in [3.63, 3.8) is 0 Å². The molecule has 0 spiro atoms. The van der Waals surface area contributed by atoms with Gasteiger partial charge in [-0.05, 0) is 48.5 Å². The Kier molecular flexibility index (Phi) is 5.09. The van der Waals surface area contributed by atoms with E-state index >= 15 is 0 Å². The van der Waals surface area contributed by atoms with Crippen LogP contribution in [0.5, 0.6) is 5.75 Å². The van der Waals surface area contributed by atoms with Gasteiger partial charge in [0, 0.05) is 28.4 Å². The average molecular weight is 384 g/mol. The number of hydrogen-bond acceptors (Lipinski definition) is 5. The molecular formula is C22H16N4OS. The van der Waals surface area contributed by atoms with Gasteiger partial charge in [-0.15, -0.1) is 0 Å². The van der Waals surface area contributed by atoms with Gasteiger partial charge in [-0.1, -0.05) is 23.9 Å². The molecule has 0 atom stereocenters. The first-order valence-corrected chi connectivity index (χ1v) is 9.41. The number of nitriles is 1.